The molecule has 0 fully saturated rings. The summed E-state index contributed by atoms with van der Waals surface area (Å²) in [7, 11) is 0. The zero-order chi connectivity index (χ0) is 18.5. The number of ether oxygens (including phenoxy) is 2. The van der Waals surface area contributed by atoms with E-state index in [0.717, 1.165) is 17.7 Å². The van der Waals surface area contributed by atoms with Gasteiger partial charge in [0.25, 0.3) is 0 Å². The topological polar surface area (TPSA) is 64.6 Å². The third kappa shape index (κ3) is 4.77. The van der Waals surface area contributed by atoms with Crippen LogP contribution in [0.15, 0.2) is 30.3 Å². The first-order chi connectivity index (χ1) is 12.5. The second-order valence-electron chi connectivity index (χ2n) is 6.07. The van der Waals surface area contributed by atoms with Gasteiger partial charge in [-0.1, -0.05) is 17.7 Å². The summed E-state index contributed by atoms with van der Waals surface area (Å²) in [6.45, 7) is 3.16. The SMILES string of the molecule is CC(NC(=O)CCC(=O)c1ccc(Cl)s1)c1ccc2c(c1)OCCCO2. The van der Waals surface area contributed by atoms with Crippen molar-refractivity contribution < 1.29 is 19.1 Å². The molecule has 1 aromatic carbocycles. The van der Waals surface area contributed by atoms with Crippen molar-refractivity contribution in [1.29, 1.82) is 0 Å². The average molecular weight is 394 g/mol. The van der Waals surface area contributed by atoms with Crippen LogP contribution in [-0.2, 0) is 4.79 Å². The summed E-state index contributed by atoms with van der Waals surface area (Å²) in [6, 6.07) is 8.86. The minimum Gasteiger partial charge on any atom is -0.490 e. The van der Waals surface area contributed by atoms with E-state index in [4.69, 9.17) is 21.1 Å². The number of thiophene rings is 1. The summed E-state index contributed by atoms with van der Waals surface area (Å²) >= 11 is 7.06. The first-order valence-corrected chi connectivity index (χ1v) is 9.70. The van der Waals surface area contributed by atoms with Crippen molar-refractivity contribution in [2.75, 3.05) is 13.2 Å². The highest BCUT2D eigenvalue weighted by atomic mass is 35.5. The molecule has 1 atom stereocenters. The van der Waals surface area contributed by atoms with Crippen molar-refractivity contribution in [3.63, 3.8) is 0 Å². The highest BCUT2D eigenvalue weighted by molar-refractivity contribution is 7.18. The van der Waals surface area contributed by atoms with E-state index in [-0.39, 0.29) is 30.6 Å². The Bertz CT molecular complexity index is 805. The Morgan fingerprint density at radius 1 is 1.15 bits per heavy atom. The molecule has 7 heteroatoms. The van der Waals surface area contributed by atoms with Crippen molar-refractivity contribution in [2.45, 2.75) is 32.2 Å². The highest BCUT2D eigenvalue weighted by Crippen LogP contribution is 2.32. The van der Waals surface area contributed by atoms with Crippen LogP contribution >= 0.6 is 22.9 Å². The summed E-state index contributed by atoms with van der Waals surface area (Å²) in [5, 5.41) is 2.92. The van der Waals surface area contributed by atoms with Gasteiger partial charge < -0.3 is 14.8 Å². The molecule has 2 aromatic rings. The number of fused-ring (bicyclic) bond motifs is 1. The normalized spacial score (nSPS) is 14.4. The summed E-state index contributed by atoms with van der Waals surface area (Å²) in [4.78, 5) is 24.8. The number of carbonyl (C=O) groups excluding carboxylic acids is 2. The van der Waals surface area contributed by atoms with E-state index in [1.54, 1.807) is 12.1 Å². The van der Waals surface area contributed by atoms with E-state index in [2.05, 4.69) is 5.32 Å². The van der Waals surface area contributed by atoms with Crippen molar-refractivity contribution in [3.05, 3.63) is 45.1 Å². The van der Waals surface area contributed by atoms with Crippen LogP contribution in [0.5, 0.6) is 11.5 Å². The van der Waals surface area contributed by atoms with Crippen LogP contribution in [0.2, 0.25) is 4.34 Å². The van der Waals surface area contributed by atoms with Crippen molar-refractivity contribution in [1.82, 2.24) is 5.32 Å². The zero-order valence-corrected chi connectivity index (χ0v) is 16.0. The summed E-state index contributed by atoms with van der Waals surface area (Å²) < 4.78 is 11.9. The van der Waals surface area contributed by atoms with Gasteiger partial charge in [0.05, 0.1) is 28.5 Å². The Kier molecular flexibility index (Phi) is 6.16. The molecular formula is C19H20ClNO4S. The maximum Gasteiger partial charge on any atom is 0.220 e. The fourth-order valence-corrected chi connectivity index (χ4v) is 3.67. The van der Waals surface area contributed by atoms with Crippen LogP contribution in [0.1, 0.15) is 47.5 Å². The number of hydrogen-bond acceptors (Lipinski definition) is 5. The molecule has 0 bridgehead atoms. The number of amides is 1. The lowest BCUT2D eigenvalue weighted by Crippen LogP contribution is -2.26. The molecule has 1 aliphatic heterocycles. The van der Waals surface area contributed by atoms with Gasteiger partial charge in [-0.3, -0.25) is 9.59 Å². The number of nitrogens with one attached hydrogen (secondary N) is 1. The van der Waals surface area contributed by atoms with E-state index in [0.29, 0.717) is 28.2 Å². The largest absolute Gasteiger partial charge is 0.490 e. The van der Waals surface area contributed by atoms with Crippen molar-refractivity contribution in [2.24, 2.45) is 0 Å². The smallest absolute Gasteiger partial charge is 0.220 e. The molecule has 1 amide bonds. The van der Waals surface area contributed by atoms with Gasteiger partial charge in [-0.15, -0.1) is 11.3 Å². The third-order valence-corrected chi connectivity index (χ3v) is 5.35. The first-order valence-electron chi connectivity index (χ1n) is 8.50. The quantitative estimate of drug-likeness (QED) is 0.738. The van der Waals surface area contributed by atoms with Crippen molar-refractivity contribution >= 4 is 34.6 Å². The molecule has 2 heterocycles. The van der Waals surface area contributed by atoms with Crippen molar-refractivity contribution in [3.8, 4) is 11.5 Å². The Balaban J connectivity index is 1.54. The summed E-state index contributed by atoms with van der Waals surface area (Å²) in [6.07, 6.45) is 1.15. The predicted molar refractivity (Wildman–Crippen MR) is 102 cm³/mol. The van der Waals surface area contributed by atoms with E-state index in [1.165, 1.54) is 11.3 Å². The Labute approximate surface area is 161 Å². The lowest BCUT2D eigenvalue weighted by Gasteiger charge is -2.16. The molecule has 0 saturated carbocycles. The molecule has 3 rings (SSSR count). The van der Waals surface area contributed by atoms with Gasteiger partial charge >= 0.3 is 0 Å². The van der Waals surface area contributed by atoms with Crippen LogP contribution in [0, 0.1) is 0 Å². The van der Waals surface area contributed by atoms with Crippen LogP contribution in [-0.4, -0.2) is 24.9 Å². The van der Waals surface area contributed by atoms with Crippen LogP contribution < -0.4 is 14.8 Å². The van der Waals surface area contributed by atoms with E-state index in [1.807, 2.05) is 25.1 Å². The zero-order valence-electron chi connectivity index (χ0n) is 14.4. The van der Waals surface area contributed by atoms with Gasteiger partial charge in [-0.25, -0.2) is 0 Å². The maximum atomic E-state index is 12.2. The minimum atomic E-state index is -0.189. The minimum absolute atomic E-state index is 0.0692. The van der Waals surface area contributed by atoms with E-state index >= 15 is 0 Å². The molecule has 0 spiro atoms. The molecule has 26 heavy (non-hydrogen) atoms. The molecule has 0 radical (unpaired) electrons. The number of benzene rings is 1. The standard InChI is InChI=1S/C19H20ClNO4S/c1-12(13-3-5-15-16(11-13)25-10-2-9-24-15)21-19(23)8-4-14(22)17-6-7-18(20)26-17/h3,5-7,11-12H,2,4,8-10H2,1H3,(H,21,23). The van der Waals surface area contributed by atoms with Crippen LogP contribution in [0.4, 0.5) is 0 Å². The number of ketones is 1. The average Bonchev–Trinajstić information content (AvgIpc) is 2.92. The molecule has 1 N–H and O–H groups in total. The first kappa shape index (κ1) is 18.7. The van der Waals surface area contributed by atoms with Gasteiger partial charge in [-0.05, 0) is 36.8 Å². The molecule has 138 valence electrons. The monoisotopic (exact) mass is 393 g/mol. The lowest BCUT2D eigenvalue weighted by atomic mass is 10.1. The van der Waals surface area contributed by atoms with Crippen LogP contribution in [0.3, 0.4) is 0 Å². The summed E-state index contributed by atoms with van der Waals surface area (Å²) in [5.41, 5.74) is 0.930. The van der Waals surface area contributed by atoms with Gasteiger partial charge in [0, 0.05) is 19.3 Å². The number of halogens is 1. The van der Waals surface area contributed by atoms with Gasteiger partial charge in [-0.2, -0.15) is 0 Å². The fraction of sp³-hybridized carbons (Fsp3) is 0.368. The third-order valence-electron chi connectivity index (χ3n) is 4.08. The molecular weight excluding hydrogens is 374 g/mol. The summed E-state index contributed by atoms with van der Waals surface area (Å²) in [5.74, 6) is 1.19. The maximum absolute atomic E-state index is 12.2. The molecule has 5 nitrogen and oxygen atoms in total. The van der Waals surface area contributed by atoms with Gasteiger partial charge in [0.2, 0.25) is 5.91 Å². The van der Waals surface area contributed by atoms with Crippen LogP contribution in [0.25, 0.3) is 0 Å². The van der Waals surface area contributed by atoms with E-state index < -0.39 is 0 Å². The molecule has 1 aliphatic rings. The second kappa shape index (κ2) is 8.56. The second-order valence-corrected chi connectivity index (χ2v) is 7.79. The molecule has 0 aliphatic carbocycles. The number of carbonyl (C=O) groups is 2. The van der Waals surface area contributed by atoms with E-state index in [9.17, 15) is 9.59 Å². The predicted octanol–water partition coefficient (Wildman–Crippen LogP) is 4.40. The van der Waals surface area contributed by atoms with Gasteiger partial charge in [0.15, 0.2) is 17.3 Å². The fourth-order valence-electron chi connectivity index (χ4n) is 2.66. The lowest BCUT2D eigenvalue weighted by molar-refractivity contribution is -0.121. The molecule has 1 aromatic heterocycles. The number of Topliss-reactive ketones (excluding diaryl/α,β-unsaturated/α-hetero) is 1. The molecule has 1 unspecified atom stereocenters. The Morgan fingerprint density at radius 3 is 2.65 bits per heavy atom. The number of hydrogen-bond donors (Lipinski definition) is 1. The molecule has 0 saturated heterocycles. The van der Waals surface area contributed by atoms with Gasteiger partial charge in [0.1, 0.15) is 0 Å². The number of rotatable bonds is 6. The highest BCUT2D eigenvalue weighted by Gasteiger charge is 2.16. The Morgan fingerprint density at radius 2 is 1.92 bits per heavy atom. The Hall–Kier alpha value is -2.05.